The van der Waals surface area contributed by atoms with E-state index in [0.717, 1.165) is 24.1 Å². The van der Waals surface area contributed by atoms with Crippen LogP contribution in [0.5, 0.6) is 0 Å². The number of halogens is 1. The molecule has 0 unspecified atom stereocenters. The first-order chi connectivity index (χ1) is 10.8. The van der Waals surface area contributed by atoms with Crippen LogP contribution in [0.1, 0.15) is 56.6 Å². The number of hydrogen-bond acceptors (Lipinski definition) is 2. The zero-order valence-corrected chi connectivity index (χ0v) is 16.8. The lowest BCUT2D eigenvalue weighted by molar-refractivity contribution is 0.184. The number of rotatable bonds is 11. The van der Waals surface area contributed by atoms with Gasteiger partial charge in [-0.3, -0.25) is 0 Å². The largest absolute Gasteiger partial charge is 0.380 e. The first kappa shape index (κ1) is 22.2. The minimum Gasteiger partial charge on any atom is -0.380 e. The minimum atomic E-state index is 0. The Kier molecular flexibility index (Phi) is 14.2. The van der Waals surface area contributed by atoms with Crippen LogP contribution < -0.4 is 11.1 Å². The maximum absolute atomic E-state index is 5.92. The highest BCUT2D eigenvalue weighted by Gasteiger charge is 2.00. The second-order valence-electron chi connectivity index (χ2n) is 5.60. The summed E-state index contributed by atoms with van der Waals surface area (Å²) in [6.07, 6.45) is 7.71. The molecule has 4 nitrogen and oxygen atoms in total. The Morgan fingerprint density at radius 3 is 2.43 bits per heavy atom. The SMILES string of the molecule is CCCCCCCCNC(N)=NCc1ccccc1COC.I. The molecule has 0 saturated heterocycles. The van der Waals surface area contributed by atoms with Crippen molar-refractivity contribution in [1.29, 1.82) is 0 Å². The summed E-state index contributed by atoms with van der Waals surface area (Å²) in [7, 11) is 1.70. The van der Waals surface area contributed by atoms with E-state index in [2.05, 4.69) is 29.4 Å². The third kappa shape index (κ3) is 10.5. The monoisotopic (exact) mass is 433 g/mol. The molecule has 0 aliphatic heterocycles. The summed E-state index contributed by atoms with van der Waals surface area (Å²) < 4.78 is 5.20. The van der Waals surface area contributed by atoms with Crippen LogP contribution in [0.3, 0.4) is 0 Å². The molecule has 0 aliphatic rings. The number of nitrogens with two attached hydrogens (primary N) is 1. The Balaban J connectivity index is 0.00000484. The minimum absolute atomic E-state index is 0. The van der Waals surface area contributed by atoms with Gasteiger partial charge in [-0.15, -0.1) is 24.0 Å². The number of nitrogens with zero attached hydrogens (tertiary/aromatic N) is 1. The number of ether oxygens (including phenoxy) is 1. The molecule has 132 valence electrons. The summed E-state index contributed by atoms with van der Waals surface area (Å²) in [5.41, 5.74) is 8.24. The summed E-state index contributed by atoms with van der Waals surface area (Å²) in [5.74, 6) is 0.528. The highest BCUT2D eigenvalue weighted by molar-refractivity contribution is 14.0. The fraction of sp³-hybridized carbons (Fsp3) is 0.611. The first-order valence-corrected chi connectivity index (χ1v) is 8.37. The number of nitrogens with one attached hydrogen (secondary N) is 1. The van der Waals surface area contributed by atoms with E-state index < -0.39 is 0 Å². The number of guanidine groups is 1. The van der Waals surface area contributed by atoms with Crippen LogP contribution in [-0.4, -0.2) is 19.6 Å². The molecule has 0 fully saturated rings. The highest BCUT2D eigenvalue weighted by atomic mass is 127. The van der Waals surface area contributed by atoms with Crippen molar-refractivity contribution in [2.24, 2.45) is 10.7 Å². The van der Waals surface area contributed by atoms with Crippen LogP contribution in [0, 0.1) is 0 Å². The van der Waals surface area contributed by atoms with Crippen molar-refractivity contribution in [3.63, 3.8) is 0 Å². The molecule has 1 rings (SSSR count). The Morgan fingerprint density at radius 1 is 1.09 bits per heavy atom. The molecule has 0 amide bonds. The smallest absolute Gasteiger partial charge is 0.188 e. The summed E-state index contributed by atoms with van der Waals surface area (Å²) in [6, 6.07) is 8.17. The van der Waals surface area contributed by atoms with E-state index in [4.69, 9.17) is 10.5 Å². The second kappa shape index (κ2) is 14.8. The zero-order valence-electron chi connectivity index (χ0n) is 14.5. The lowest BCUT2D eigenvalue weighted by Crippen LogP contribution is -2.32. The van der Waals surface area contributed by atoms with E-state index in [0.29, 0.717) is 19.1 Å². The van der Waals surface area contributed by atoms with Crippen molar-refractivity contribution in [2.45, 2.75) is 58.6 Å². The van der Waals surface area contributed by atoms with Gasteiger partial charge in [0.1, 0.15) is 0 Å². The van der Waals surface area contributed by atoms with Gasteiger partial charge in [0.15, 0.2) is 5.96 Å². The predicted octanol–water partition coefficient (Wildman–Crippen LogP) is 4.22. The third-order valence-corrected chi connectivity index (χ3v) is 3.67. The van der Waals surface area contributed by atoms with Crippen molar-refractivity contribution < 1.29 is 4.74 Å². The highest BCUT2D eigenvalue weighted by Crippen LogP contribution is 2.11. The molecule has 0 saturated carbocycles. The molecule has 0 aliphatic carbocycles. The van der Waals surface area contributed by atoms with E-state index in [9.17, 15) is 0 Å². The van der Waals surface area contributed by atoms with Gasteiger partial charge in [-0.1, -0.05) is 63.3 Å². The molecule has 0 radical (unpaired) electrons. The lowest BCUT2D eigenvalue weighted by Gasteiger charge is -2.08. The molecule has 0 spiro atoms. The van der Waals surface area contributed by atoms with Crippen LogP contribution >= 0.6 is 24.0 Å². The van der Waals surface area contributed by atoms with E-state index in [1.165, 1.54) is 32.1 Å². The molecular formula is C18H32IN3O. The van der Waals surface area contributed by atoms with Gasteiger partial charge in [0.25, 0.3) is 0 Å². The molecule has 5 heteroatoms. The van der Waals surface area contributed by atoms with Gasteiger partial charge in [0, 0.05) is 13.7 Å². The predicted molar refractivity (Wildman–Crippen MR) is 109 cm³/mol. The van der Waals surface area contributed by atoms with Gasteiger partial charge in [-0.2, -0.15) is 0 Å². The maximum atomic E-state index is 5.92. The maximum Gasteiger partial charge on any atom is 0.188 e. The van der Waals surface area contributed by atoms with Gasteiger partial charge in [0.05, 0.1) is 13.2 Å². The van der Waals surface area contributed by atoms with E-state index >= 15 is 0 Å². The molecule has 23 heavy (non-hydrogen) atoms. The van der Waals surface area contributed by atoms with Gasteiger partial charge in [-0.25, -0.2) is 4.99 Å². The number of hydrogen-bond donors (Lipinski definition) is 2. The first-order valence-electron chi connectivity index (χ1n) is 8.37. The quantitative estimate of drug-likeness (QED) is 0.238. The topological polar surface area (TPSA) is 59.6 Å². The van der Waals surface area contributed by atoms with E-state index in [1.807, 2.05) is 12.1 Å². The van der Waals surface area contributed by atoms with Crippen LogP contribution in [0.2, 0.25) is 0 Å². The van der Waals surface area contributed by atoms with Crippen LogP contribution in [-0.2, 0) is 17.9 Å². The number of methoxy groups -OCH3 is 1. The number of unbranched alkanes of at least 4 members (excludes halogenated alkanes) is 5. The molecule has 0 bridgehead atoms. The van der Waals surface area contributed by atoms with Crippen LogP contribution in [0.4, 0.5) is 0 Å². The fourth-order valence-corrected chi connectivity index (χ4v) is 2.36. The standard InChI is InChI=1S/C18H31N3O.HI/c1-3-4-5-6-7-10-13-20-18(19)21-14-16-11-8-9-12-17(16)15-22-2;/h8-9,11-12H,3-7,10,13-15H2,1-2H3,(H3,19,20,21);1H. The summed E-state index contributed by atoms with van der Waals surface area (Å²) in [5, 5.41) is 3.19. The third-order valence-electron chi connectivity index (χ3n) is 3.67. The van der Waals surface area contributed by atoms with Crippen molar-refractivity contribution in [3.8, 4) is 0 Å². The van der Waals surface area contributed by atoms with Crippen LogP contribution in [0.25, 0.3) is 0 Å². The van der Waals surface area contributed by atoms with E-state index in [1.54, 1.807) is 7.11 Å². The Bertz CT molecular complexity index is 438. The average Bonchev–Trinajstić information content (AvgIpc) is 2.53. The summed E-state index contributed by atoms with van der Waals surface area (Å²) in [4.78, 5) is 4.41. The Hall–Kier alpha value is -0.820. The van der Waals surface area contributed by atoms with Gasteiger partial charge >= 0.3 is 0 Å². The molecule has 1 aromatic carbocycles. The molecule has 0 aromatic heterocycles. The van der Waals surface area contributed by atoms with Gasteiger partial charge in [-0.05, 0) is 17.5 Å². The van der Waals surface area contributed by atoms with Crippen LogP contribution in [0.15, 0.2) is 29.3 Å². The average molecular weight is 433 g/mol. The summed E-state index contributed by atoms with van der Waals surface area (Å²) in [6.45, 7) is 4.34. The lowest BCUT2D eigenvalue weighted by atomic mass is 10.1. The van der Waals surface area contributed by atoms with Gasteiger partial charge in [0.2, 0.25) is 0 Å². The zero-order chi connectivity index (χ0) is 16.0. The molecule has 3 N–H and O–H groups in total. The van der Waals surface area contributed by atoms with Crippen molar-refractivity contribution in [3.05, 3.63) is 35.4 Å². The molecular weight excluding hydrogens is 401 g/mol. The molecule has 0 heterocycles. The number of benzene rings is 1. The second-order valence-corrected chi connectivity index (χ2v) is 5.60. The van der Waals surface area contributed by atoms with E-state index in [-0.39, 0.29) is 24.0 Å². The summed E-state index contributed by atoms with van der Waals surface area (Å²) >= 11 is 0. The fourth-order valence-electron chi connectivity index (χ4n) is 2.36. The van der Waals surface area contributed by atoms with Gasteiger partial charge < -0.3 is 15.8 Å². The normalized spacial score (nSPS) is 11.1. The van der Waals surface area contributed by atoms with Crippen molar-refractivity contribution in [2.75, 3.05) is 13.7 Å². The van der Waals surface area contributed by atoms with Crippen molar-refractivity contribution >= 4 is 29.9 Å². The molecule has 1 aromatic rings. The Morgan fingerprint density at radius 2 is 1.74 bits per heavy atom. The van der Waals surface area contributed by atoms with Crippen molar-refractivity contribution in [1.82, 2.24) is 5.32 Å². The Labute approximate surface area is 158 Å². The molecule has 0 atom stereocenters. The number of aliphatic imine (C=N–C) groups is 1.